The van der Waals surface area contributed by atoms with Crippen LogP contribution in [0, 0.1) is 0 Å². The Morgan fingerprint density at radius 2 is 1.83 bits per heavy atom. The van der Waals surface area contributed by atoms with Gasteiger partial charge in [-0.1, -0.05) is 18.2 Å². The molecule has 2 heterocycles. The number of amides is 1. The first kappa shape index (κ1) is 16.1. The van der Waals surface area contributed by atoms with Crippen molar-refractivity contribution in [1.29, 1.82) is 0 Å². The molecule has 5 nitrogen and oxygen atoms in total. The van der Waals surface area contributed by atoms with Crippen molar-refractivity contribution in [3.63, 3.8) is 0 Å². The summed E-state index contributed by atoms with van der Waals surface area (Å²) in [5, 5.41) is 6.05. The fourth-order valence-electron chi connectivity index (χ4n) is 2.08. The Hall–Kier alpha value is -2.73. The van der Waals surface area contributed by atoms with Gasteiger partial charge in [0.05, 0.1) is 29.8 Å². The van der Waals surface area contributed by atoms with Gasteiger partial charge in [0.2, 0.25) is 0 Å². The molecular weight excluding hydrogens is 368 g/mol. The molecular formula is C18H15BrN4O. The van der Waals surface area contributed by atoms with Gasteiger partial charge in [0.25, 0.3) is 5.91 Å². The van der Waals surface area contributed by atoms with Gasteiger partial charge in [-0.05, 0) is 52.3 Å². The molecule has 120 valence electrons. The minimum absolute atomic E-state index is 0.229. The van der Waals surface area contributed by atoms with Crippen molar-refractivity contribution in [1.82, 2.24) is 15.3 Å². The second-order valence-electron chi connectivity index (χ2n) is 5.04. The van der Waals surface area contributed by atoms with Gasteiger partial charge in [0, 0.05) is 10.7 Å². The minimum atomic E-state index is -0.229. The molecule has 3 aromatic rings. The standard InChI is InChI=1S/C18H15BrN4O/c19-15-6-1-2-7-16(15)23-14-8-9-17(21-12-14)18(24)22-11-13-5-3-4-10-20-13/h1-10,12,23H,11H2,(H,22,24). The quantitative estimate of drug-likeness (QED) is 0.701. The van der Waals surface area contributed by atoms with E-state index in [2.05, 4.69) is 36.5 Å². The molecule has 0 unspecified atom stereocenters. The Bertz CT molecular complexity index is 822. The van der Waals surface area contributed by atoms with Crippen LogP contribution in [0.4, 0.5) is 11.4 Å². The average molecular weight is 383 g/mol. The summed E-state index contributed by atoms with van der Waals surface area (Å²) in [7, 11) is 0. The number of aromatic nitrogens is 2. The Morgan fingerprint density at radius 1 is 1.00 bits per heavy atom. The molecule has 3 rings (SSSR count). The number of para-hydroxylation sites is 1. The van der Waals surface area contributed by atoms with Gasteiger partial charge in [-0.25, -0.2) is 4.98 Å². The Kier molecular flexibility index (Phi) is 5.18. The first-order chi connectivity index (χ1) is 11.7. The van der Waals surface area contributed by atoms with Crippen LogP contribution in [0.3, 0.4) is 0 Å². The molecule has 0 saturated heterocycles. The van der Waals surface area contributed by atoms with Gasteiger partial charge in [0.1, 0.15) is 5.69 Å². The van der Waals surface area contributed by atoms with Crippen molar-refractivity contribution >= 4 is 33.2 Å². The number of nitrogens with one attached hydrogen (secondary N) is 2. The number of rotatable bonds is 5. The molecule has 0 saturated carbocycles. The van der Waals surface area contributed by atoms with E-state index in [9.17, 15) is 4.79 Å². The molecule has 0 atom stereocenters. The van der Waals surface area contributed by atoms with Crippen LogP contribution in [0.1, 0.15) is 16.2 Å². The van der Waals surface area contributed by atoms with Gasteiger partial charge in [-0.2, -0.15) is 0 Å². The van der Waals surface area contributed by atoms with E-state index in [0.717, 1.165) is 21.5 Å². The van der Waals surface area contributed by atoms with E-state index >= 15 is 0 Å². The number of hydrogen-bond acceptors (Lipinski definition) is 4. The lowest BCUT2D eigenvalue weighted by molar-refractivity contribution is 0.0945. The number of anilines is 2. The van der Waals surface area contributed by atoms with E-state index in [0.29, 0.717) is 12.2 Å². The summed E-state index contributed by atoms with van der Waals surface area (Å²) in [6, 6.07) is 16.9. The average Bonchev–Trinajstić information content (AvgIpc) is 2.63. The molecule has 0 spiro atoms. The Labute approximate surface area is 148 Å². The highest BCUT2D eigenvalue weighted by Gasteiger charge is 2.07. The SMILES string of the molecule is O=C(NCc1ccccn1)c1ccc(Nc2ccccc2Br)cn1. The molecule has 2 aromatic heterocycles. The summed E-state index contributed by atoms with van der Waals surface area (Å²) in [6.45, 7) is 0.373. The molecule has 6 heteroatoms. The largest absolute Gasteiger partial charge is 0.353 e. The number of pyridine rings is 2. The maximum atomic E-state index is 12.1. The first-order valence-corrected chi connectivity index (χ1v) is 8.17. The smallest absolute Gasteiger partial charge is 0.270 e. The predicted molar refractivity (Wildman–Crippen MR) is 97.1 cm³/mol. The third kappa shape index (κ3) is 4.17. The molecule has 0 bridgehead atoms. The van der Waals surface area contributed by atoms with Crippen LogP contribution in [-0.4, -0.2) is 15.9 Å². The molecule has 2 N–H and O–H groups in total. The first-order valence-electron chi connectivity index (χ1n) is 7.38. The van der Waals surface area contributed by atoms with Crippen LogP contribution in [0.5, 0.6) is 0 Å². The predicted octanol–water partition coefficient (Wildman–Crippen LogP) is 3.91. The summed E-state index contributed by atoms with van der Waals surface area (Å²) < 4.78 is 0.960. The van der Waals surface area contributed by atoms with Crippen molar-refractivity contribution in [3.8, 4) is 0 Å². The molecule has 24 heavy (non-hydrogen) atoms. The zero-order valence-corrected chi connectivity index (χ0v) is 14.3. The summed E-state index contributed by atoms with van der Waals surface area (Å²) in [4.78, 5) is 20.5. The Balaban J connectivity index is 1.61. The van der Waals surface area contributed by atoms with E-state index in [-0.39, 0.29) is 5.91 Å². The molecule has 0 radical (unpaired) electrons. The van der Waals surface area contributed by atoms with Crippen molar-refractivity contribution in [3.05, 3.63) is 82.9 Å². The number of carbonyl (C=O) groups excluding carboxylic acids is 1. The zero-order valence-electron chi connectivity index (χ0n) is 12.7. The molecule has 0 aliphatic rings. The number of benzene rings is 1. The summed E-state index contributed by atoms with van der Waals surface area (Å²) >= 11 is 3.48. The van der Waals surface area contributed by atoms with Crippen molar-refractivity contribution in [2.75, 3.05) is 5.32 Å². The van der Waals surface area contributed by atoms with E-state index in [1.165, 1.54) is 0 Å². The number of halogens is 1. The summed E-state index contributed by atoms with van der Waals surface area (Å²) in [6.07, 6.45) is 3.33. The van der Waals surface area contributed by atoms with Gasteiger partial charge in [-0.15, -0.1) is 0 Å². The van der Waals surface area contributed by atoms with Crippen molar-refractivity contribution < 1.29 is 4.79 Å². The van der Waals surface area contributed by atoms with Gasteiger partial charge >= 0.3 is 0 Å². The molecule has 1 aromatic carbocycles. The van der Waals surface area contributed by atoms with Crippen molar-refractivity contribution in [2.24, 2.45) is 0 Å². The number of nitrogens with zero attached hydrogens (tertiary/aromatic N) is 2. The van der Waals surface area contributed by atoms with Gasteiger partial charge in [0.15, 0.2) is 0 Å². The van der Waals surface area contributed by atoms with Gasteiger partial charge < -0.3 is 10.6 Å². The van der Waals surface area contributed by atoms with Crippen LogP contribution in [0.15, 0.2) is 71.5 Å². The monoisotopic (exact) mass is 382 g/mol. The topological polar surface area (TPSA) is 66.9 Å². The second-order valence-corrected chi connectivity index (χ2v) is 5.90. The van der Waals surface area contributed by atoms with Crippen LogP contribution in [0.25, 0.3) is 0 Å². The fourth-order valence-corrected chi connectivity index (χ4v) is 2.47. The zero-order chi connectivity index (χ0) is 16.8. The molecule has 0 aliphatic carbocycles. The maximum absolute atomic E-state index is 12.1. The Morgan fingerprint density at radius 3 is 2.54 bits per heavy atom. The maximum Gasteiger partial charge on any atom is 0.270 e. The molecule has 1 amide bonds. The van der Waals surface area contributed by atoms with Crippen LogP contribution in [0.2, 0.25) is 0 Å². The van der Waals surface area contributed by atoms with E-state index < -0.39 is 0 Å². The lowest BCUT2D eigenvalue weighted by atomic mass is 10.2. The molecule has 0 aliphatic heterocycles. The normalized spacial score (nSPS) is 10.2. The fraction of sp³-hybridized carbons (Fsp3) is 0.0556. The number of carbonyl (C=O) groups is 1. The summed E-state index contributed by atoms with van der Waals surface area (Å²) in [5.74, 6) is -0.229. The van der Waals surface area contributed by atoms with Crippen LogP contribution < -0.4 is 10.6 Å². The highest BCUT2D eigenvalue weighted by molar-refractivity contribution is 9.10. The van der Waals surface area contributed by atoms with Crippen molar-refractivity contribution in [2.45, 2.75) is 6.54 Å². The van der Waals surface area contributed by atoms with Crippen LogP contribution in [-0.2, 0) is 6.54 Å². The van der Waals surface area contributed by atoms with Gasteiger partial charge in [-0.3, -0.25) is 9.78 Å². The third-order valence-electron chi connectivity index (χ3n) is 3.31. The highest BCUT2D eigenvalue weighted by Crippen LogP contribution is 2.24. The summed E-state index contributed by atoms with van der Waals surface area (Å²) in [5.41, 5.74) is 2.91. The minimum Gasteiger partial charge on any atom is -0.353 e. The third-order valence-corrected chi connectivity index (χ3v) is 4.00. The molecule has 0 fully saturated rings. The van der Waals surface area contributed by atoms with E-state index in [4.69, 9.17) is 0 Å². The van der Waals surface area contributed by atoms with Crippen LogP contribution >= 0.6 is 15.9 Å². The lowest BCUT2D eigenvalue weighted by Gasteiger charge is -2.09. The number of hydrogen-bond donors (Lipinski definition) is 2. The highest BCUT2D eigenvalue weighted by atomic mass is 79.9. The van der Waals surface area contributed by atoms with E-state index in [1.807, 2.05) is 48.5 Å². The lowest BCUT2D eigenvalue weighted by Crippen LogP contribution is -2.24. The van der Waals surface area contributed by atoms with E-state index in [1.54, 1.807) is 18.5 Å². The second kappa shape index (κ2) is 7.70.